The Hall–Kier alpha value is -3.11. The monoisotopic (exact) mass is 406 g/mol. The van der Waals surface area contributed by atoms with Crippen LogP contribution in [0, 0.1) is 6.92 Å². The summed E-state index contributed by atoms with van der Waals surface area (Å²) in [5.74, 6) is -0.861. The number of primary amides is 1. The van der Waals surface area contributed by atoms with E-state index in [1.54, 1.807) is 30.3 Å². The molecule has 2 N–H and O–H groups in total. The normalized spacial score (nSPS) is 12.8. The largest absolute Gasteiger partial charge is 0.368 e. The second-order valence-electron chi connectivity index (χ2n) is 7.03. The Kier molecular flexibility index (Phi) is 6.35. The van der Waals surface area contributed by atoms with Crippen molar-refractivity contribution in [3.63, 3.8) is 0 Å². The van der Waals surface area contributed by atoms with E-state index < -0.39 is 18.0 Å². The molecule has 0 unspecified atom stereocenters. The first-order chi connectivity index (χ1) is 13.9. The molecule has 0 radical (unpaired) electrons. The van der Waals surface area contributed by atoms with Crippen molar-refractivity contribution in [2.45, 2.75) is 25.9 Å². The van der Waals surface area contributed by atoms with Crippen molar-refractivity contribution < 1.29 is 9.59 Å². The smallest absolute Gasteiger partial charge is 0.255 e. The molecule has 3 aromatic carbocycles. The van der Waals surface area contributed by atoms with Crippen LogP contribution in [0.1, 0.15) is 46.1 Å². The topological polar surface area (TPSA) is 63.4 Å². The fourth-order valence-corrected chi connectivity index (χ4v) is 3.67. The number of aryl methyl sites for hydroxylation is 1. The summed E-state index contributed by atoms with van der Waals surface area (Å²) in [6.45, 7) is 3.79. The number of amides is 2. The molecular formula is C24H23ClN2O2. The number of benzene rings is 3. The van der Waals surface area contributed by atoms with E-state index in [1.807, 2.05) is 62.4 Å². The van der Waals surface area contributed by atoms with Crippen molar-refractivity contribution in [2.24, 2.45) is 5.73 Å². The zero-order valence-corrected chi connectivity index (χ0v) is 17.1. The Morgan fingerprint density at radius 1 is 0.897 bits per heavy atom. The first-order valence-electron chi connectivity index (χ1n) is 9.37. The maximum atomic E-state index is 13.6. The third kappa shape index (κ3) is 4.66. The van der Waals surface area contributed by atoms with Gasteiger partial charge < -0.3 is 10.6 Å². The zero-order chi connectivity index (χ0) is 21.0. The van der Waals surface area contributed by atoms with E-state index in [9.17, 15) is 9.59 Å². The second-order valence-corrected chi connectivity index (χ2v) is 7.46. The van der Waals surface area contributed by atoms with Crippen molar-refractivity contribution in [1.82, 2.24) is 4.90 Å². The van der Waals surface area contributed by atoms with Gasteiger partial charge in [0.2, 0.25) is 5.91 Å². The van der Waals surface area contributed by atoms with Gasteiger partial charge in [-0.05, 0) is 49.2 Å². The molecule has 0 aliphatic heterocycles. The number of nitrogens with zero attached hydrogens (tertiary/aromatic N) is 1. The molecule has 3 aromatic rings. The average Bonchev–Trinajstić information content (AvgIpc) is 2.71. The summed E-state index contributed by atoms with van der Waals surface area (Å²) in [7, 11) is 0. The van der Waals surface area contributed by atoms with Crippen LogP contribution in [0.5, 0.6) is 0 Å². The number of halogens is 1. The van der Waals surface area contributed by atoms with Crippen LogP contribution >= 0.6 is 11.6 Å². The summed E-state index contributed by atoms with van der Waals surface area (Å²) < 4.78 is 0. The summed E-state index contributed by atoms with van der Waals surface area (Å²) in [5, 5.41) is 0.563. The van der Waals surface area contributed by atoms with Gasteiger partial charge in [-0.1, -0.05) is 71.8 Å². The van der Waals surface area contributed by atoms with Crippen LogP contribution in [0.25, 0.3) is 0 Å². The molecule has 3 rings (SSSR count). The first kappa shape index (κ1) is 20.6. The first-order valence-corrected chi connectivity index (χ1v) is 9.75. The van der Waals surface area contributed by atoms with E-state index in [0.29, 0.717) is 16.1 Å². The molecule has 29 heavy (non-hydrogen) atoms. The van der Waals surface area contributed by atoms with Gasteiger partial charge in [0.05, 0.1) is 6.04 Å². The lowest BCUT2D eigenvalue weighted by molar-refractivity contribution is -0.123. The highest BCUT2D eigenvalue weighted by Crippen LogP contribution is 2.33. The SMILES string of the molecule is Cc1cccc(C(=O)N([C@H](C)c2cccc(Cl)c2)[C@@H](C(N)=O)c2ccccc2)c1. The van der Waals surface area contributed by atoms with Gasteiger partial charge in [-0.3, -0.25) is 9.59 Å². The van der Waals surface area contributed by atoms with E-state index in [2.05, 4.69) is 0 Å². The van der Waals surface area contributed by atoms with Gasteiger partial charge in [0.15, 0.2) is 0 Å². The summed E-state index contributed by atoms with van der Waals surface area (Å²) in [5.41, 5.74) is 8.75. The van der Waals surface area contributed by atoms with Crippen LogP contribution in [0.2, 0.25) is 5.02 Å². The van der Waals surface area contributed by atoms with Gasteiger partial charge in [0.1, 0.15) is 6.04 Å². The third-order valence-corrected chi connectivity index (χ3v) is 5.15. The highest BCUT2D eigenvalue weighted by Gasteiger charge is 2.34. The number of carbonyl (C=O) groups is 2. The Morgan fingerprint density at radius 2 is 1.55 bits per heavy atom. The molecule has 0 aliphatic rings. The maximum Gasteiger partial charge on any atom is 0.255 e. The van der Waals surface area contributed by atoms with Crippen molar-refractivity contribution in [3.05, 3.63) is 106 Å². The minimum atomic E-state index is -0.918. The number of nitrogens with two attached hydrogens (primary N) is 1. The van der Waals surface area contributed by atoms with Crippen LogP contribution in [0.15, 0.2) is 78.9 Å². The molecule has 4 nitrogen and oxygen atoms in total. The van der Waals surface area contributed by atoms with Crippen LogP contribution in [-0.2, 0) is 4.79 Å². The molecule has 2 amide bonds. The fraction of sp³-hybridized carbons (Fsp3) is 0.167. The van der Waals surface area contributed by atoms with E-state index >= 15 is 0 Å². The number of hydrogen-bond donors (Lipinski definition) is 1. The third-order valence-electron chi connectivity index (χ3n) is 4.91. The number of rotatable bonds is 6. The summed E-state index contributed by atoms with van der Waals surface area (Å²) in [4.78, 5) is 27.7. The van der Waals surface area contributed by atoms with Crippen LogP contribution in [-0.4, -0.2) is 16.7 Å². The van der Waals surface area contributed by atoms with E-state index in [4.69, 9.17) is 17.3 Å². The van der Waals surface area contributed by atoms with Gasteiger partial charge >= 0.3 is 0 Å². The molecule has 0 spiro atoms. The van der Waals surface area contributed by atoms with Crippen LogP contribution in [0.3, 0.4) is 0 Å². The Balaban J connectivity index is 2.14. The zero-order valence-electron chi connectivity index (χ0n) is 16.4. The molecule has 2 atom stereocenters. The molecule has 0 aliphatic carbocycles. The standard InChI is InChI=1S/C24H23ClN2O2/c1-16-8-6-12-20(14-16)24(29)27(17(2)19-11-7-13-21(25)15-19)22(23(26)28)18-9-4-3-5-10-18/h3-15,17,22H,1-2H3,(H2,26,28)/t17-,22-/m1/s1. The van der Waals surface area contributed by atoms with Gasteiger partial charge in [-0.2, -0.15) is 0 Å². The lowest BCUT2D eigenvalue weighted by Crippen LogP contribution is -2.43. The highest BCUT2D eigenvalue weighted by atomic mass is 35.5. The van der Waals surface area contributed by atoms with E-state index in [1.165, 1.54) is 4.90 Å². The lowest BCUT2D eigenvalue weighted by atomic mass is 9.97. The van der Waals surface area contributed by atoms with Crippen LogP contribution < -0.4 is 5.73 Å². The lowest BCUT2D eigenvalue weighted by Gasteiger charge is -2.35. The predicted octanol–water partition coefficient (Wildman–Crippen LogP) is 5.08. The van der Waals surface area contributed by atoms with E-state index in [0.717, 1.165) is 11.1 Å². The molecule has 0 saturated carbocycles. The average molecular weight is 407 g/mol. The van der Waals surface area contributed by atoms with Crippen molar-refractivity contribution >= 4 is 23.4 Å². The molecule has 0 bridgehead atoms. The molecule has 0 heterocycles. The predicted molar refractivity (Wildman–Crippen MR) is 116 cm³/mol. The van der Waals surface area contributed by atoms with Crippen molar-refractivity contribution in [1.29, 1.82) is 0 Å². The fourth-order valence-electron chi connectivity index (χ4n) is 3.47. The second kappa shape index (κ2) is 8.93. The summed E-state index contributed by atoms with van der Waals surface area (Å²) >= 11 is 6.18. The number of hydrogen-bond acceptors (Lipinski definition) is 2. The van der Waals surface area contributed by atoms with Gasteiger partial charge in [-0.25, -0.2) is 0 Å². The van der Waals surface area contributed by atoms with Gasteiger partial charge in [0.25, 0.3) is 5.91 Å². The minimum absolute atomic E-state index is 0.270. The summed E-state index contributed by atoms with van der Waals surface area (Å²) in [6, 6.07) is 22.3. The number of carbonyl (C=O) groups excluding carboxylic acids is 2. The van der Waals surface area contributed by atoms with Crippen molar-refractivity contribution in [3.8, 4) is 0 Å². The van der Waals surface area contributed by atoms with E-state index in [-0.39, 0.29) is 5.91 Å². The Morgan fingerprint density at radius 3 is 2.17 bits per heavy atom. The molecule has 5 heteroatoms. The Labute approximate surface area is 175 Å². The highest BCUT2D eigenvalue weighted by molar-refractivity contribution is 6.30. The van der Waals surface area contributed by atoms with Gasteiger partial charge in [0, 0.05) is 10.6 Å². The molecule has 0 aromatic heterocycles. The van der Waals surface area contributed by atoms with Crippen molar-refractivity contribution in [2.75, 3.05) is 0 Å². The molecule has 0 fully saturated rings. The van der Waals surface area contributed by atoms with Crippen LogP contribution in [0.4, 0.5) is 0 Å². The summed E-state index contributed by atoms with van der Waals surface area (Å²) in [6.07, 6.45) is 0. The molecule has 148 valence electrons. The van der Waals surface area contributed by atoms with Gasteiger partial charge in [-0.15, -0.1) is 0 Å². The molecule has 0 saturated heterocycles. The maximum absolute atomic E-state index is 13.6. The Bertz CT molecular complexity index is 1020. The minimum Gasteiger partial charge on any atom is -0.368 e. The molecular weight excluding hydrogens is 384 g/mol. The quantitative estimate of drug-likeness (QED) is 0.620.